The predicted molar refractivity (Wildman–Crippen MR) is 97.2 cm³/mol. The van der Waals surface area contributed by atoms with Gasteiger partial charge in [-0.1, -0.05) is 39.0 Å². The number of carbonyl (C=O) groups excluding carboxylic acids is 1. The molecule has 2 atom stereocenters. The zero-order chi connectivity index (χ0) is 18.5. The fourth-order valence-electron chi connectivity index (χ4n) is 2.68. The summed E-state index contributed by atoms with van der Waals surface area (Å²) in [7, 11) is 1.63. The minimum atomic E-state index is -0.572. The van der Waals surface area contributed by atoms with Crippen molar-refractivity contribution in [2.75, 3.05) is 13.7 Å². The second-order valence-electron chi connectivity index (χ2n) is 7.59. The first-order chi connectivity index (χ1) is 11.1. The van der Waals surface area contributed by atoms with Crippen molar-refractivity contribution in [1.82, 2.24) is 10.2 Å². The van der Waals surface area contributed by atoms with E-state index in [1.165, 1.54) is 0 Å². The number of nitrogens with one attached hydrogen (secondary N) is 1. The Morgan fingerprint density at radius 1 is 1.25 bits per heavy atom. The number of rotatable bonds is 6. The monoisotopic (exact) mass is 336 g/mol. The van der Waals surface area contributed by atoms with Crippen LogP contribution in [0.3, 0.4) is 0 Å². The number of methoxy groups -OCH3 is 1. The Balaban J connectivity index is 3.13. The molecule has 2 amide bonds. The maximum atomic E-state index is 12.8. The van der Waals surface area contributed by atoms with Crippen LogP contribution in [-0.4, -0.2) is 41.8 Å². The van der Waals surface area contributed by atoms with Crippen molar-refractivity contribution in [3.8, 4) is 5.75 Å². The van der Waals surface area contributed by atoms with Crippen molar-refractivity contribution < 1.29 is 14.6 Å². The van der Waals surface area contributed by atoms with Gasteiger partial charge in [0.05, 0.1) is 19.3 Å². The number of aliphatic hydroxyl groups excluding tert-OH is 1. The Morgan fingerprint density at radius 2 is 1.83 bits per heavy atom. The standard InChI is InChI=1S/C19H32N2O3/c1-13(2)21(12-14(3)22)18(23)20-17(19(4,5)6)15-10-8-9-11-16(15)24-7/h8-11,13-14,17,22H,12H2,1-7H3,(H,20,23). The second kappa shape index (κ2) is 8.38. The lowest BCUT2D eigenvalue weighted by atomic mass is 9.82. The van der Waals surface area contributed by atoms with Gasteiger partial charge in [-0.25, -0.2) is 4.79 Å². The first-order valence-corrected chi connectivity index (χ1v) is 8.46. The van der Waals surface area contributed by atoms with E-state index in [4.69, 9.17) is 4.74 Å². The molecule has 1 aromatic carbocycles. The molecule has 5 heteroatoms. The smallest absolute Gasteiger partial charge is 0.318 e. The second-order valence-corrected chi connectivity index (χ2v) is 7.59. The number of ether oxygens (including phenoxy) is 1. The lowest BCUT2D eigenvalue weighted by molar-refractivity contribution is 0.113. The van der Waals surface area contributed by atoms with E-state index in [9.17, 15) is 9.90 Å². The molecule has 0 aliphatic carbocycles. The van der Waals surface area contributed by atoms with E-state index < -0.39 is 6.10 Å². The van der Waals surface area contributed by atoms with Crippen LogP contribution < -0.4 is 10.1 Å². The zero-order valence-corrected chi connectivity index (χ0v) is 16.0. The van der Waals surface area contributed by atoms with Gasteiger partial charge >= 0.3 is 6.03 Å². The van der Waals surface area contributed by atoms with Gasteiger partial charge in [0.25, 0.3) is 0 Å². The van der Waals surface area contributed by atoms with E-state index in [1.54, 1.807) is 18.9 Å². The molecule has 0 saturated carbocycles. The van der Waals surface area contributed by atoms with Gasteiger partial charge in [0.2, 0.25) is 0 Å². The van der Waals surface area contributed by atoms with Crippen molar-refractivity contribution in [1.29, 1.82) is 0 Å². The van der Waals surface area contributed by atoms with Crippen LogP contribution in [0.15, 0.2) is 24.3 Å². The summed E-state index contributed by atoms with van der Waals surface area (Å²) in [6.45, 7) is 12.1. The summed E-state index contributed by atoms with van der Waals surface area (Å²) in [5, 5.41) is 12.8. The van der Waals surface area contributed by atoms with Gasteiger partial charge in [-0.2, -0.15) is 0 Å². The van der Waals surface area contributed by atoms with Gasteiger partial charge in [0, 0.05) is 18.2 Å². The summed E-state index contributed by atoms with van der Waals surface area (Å²) in [6.07, 6.45) is -0.572. The molecule has 1 rings (SSSR count). The number of nitrogens with zero attached hydrogens (tertiary/aromatic N) is 1. The summed E-state index contributed by atoms with van der Waals surface area (Å²) in [6, 6.07) is 7.34. The maximum absolute atomic E-state index is 12.8. The van der Waals surface area contributed by atoms with Crippen molar-refractivity contribution in [2.24, 2.45) is 5.41 Å². The first kappa shape index (κ1) is 20.3. The van der Waals surface area contributed by atoms with Crippen LogP contribution in [0.4, 0.5) is 4.79 Å². The lowest BCUT2D eigenvalue weighted by Crippen LogP contribution is -2.49. The van der Waals surface area contributed by atoms with Crippen molar-refractivity contribution >= 4 is 6.03 Å². The first-order valence-electron chi connectivity index (χ1n) is 8.46. The van der Waals surface area contributed by atoms with Gasteiger partial charge < -0.3 is 20.1 Å². The van der Waals surface area contributed by atoms with Gasteiger partial charge in [-0.3, -0.25) is 0 Å². The number of amides is 2. The summed E-state index contributed by atoms with van der Waals surface area (Å²) in [5.41, 5.74) is 0.749. The predicted octanol–water partition coefficient (Wildman–Crippen LogP) is 3.58. The van der Waals surface area contributed by atoms with Gasteiger partial charge in [-0.05, 0) is 32.3 Å². The third-order valence-electron chi connectivity index (χ3n) is 3.93. The van der Waals surface area contributed by atoms with Crippen LogP contribution in [0, 0.1) is 5.41 Å². The highest BCUT2D eigenvalue weighted by Crippen LogP contribution is 2.37. The molecule has 0 aliphatic rings. The van der Waals surface area contributed by atoms with Gasteiger partial charge in [-0.15, -0.1) is 0 Å². The molecule has 24 heavy (non-hydrogen) atoms. The molecular weight excluding hydrogens is 304 g/mol. The Morgan fingerprint density at radius 3 is 2.29 bits per heavy atom. The van der Waals surface area contributed by atoms with Crippen LogP contribution in [0.5, 0.6) is 5.75 Å². The fourth-order valence-corrected chi connectivity index (χ4v) is 2.68. The summed E-state index contributed by atoms with van der Waals surface area (Å²) in [4.78, 5) is 14.5. The molecule has 0 aliphatic heterocycles. The highest BCUT2D eigenvalue weighted by molar-refractivity contribution is 5.75. The Hall–Kier alpha value is -1.75. The molecule has 2 unspecified atom stereocenters. The highest BCUT2D eigenvalue weighted by Gasteiger charge is 2.32. The lowest BCUT2D eigenvalue weighted by Gasteiger charge is -2.36. The number of hydrogen-bond acceptors (Lipinski definition) is 3. The number of carbonyl (C=O) groups is 1. The van der Waals surface area contributed by atoms with E-state index in [0.29, 0.717) is 6.54 Å². The average molecular weight is 336 g/mol. The molecule has 0 bridgehead atoms. The summed E-state index contributed by atoms with van der Waals surface area (Å²) >= 11 is 0. The van der Waals surface area contributed by atoms with Crippen molar-refractivity contribution in [2.45, 2.75) is 59.7 Å². The molecule has 0 radical (unpaired) electrons. The quantitative estimate of drug-likeness (QED) is 0.834. The molecule has 0 saturated heterocycles. The summed E-state index contributed by atoms with van der Waals surface area (Å²) < 4.78 is 5.47. The van der Waals surface area contributed by atoms with Crippen molar-refractivity contribution in [3.05, 3.63) is 29.8 Å². The van der Waals surface area contributed by atoms with Crippen molar-refractivity contribution in [3.63, 3.8) is 0 Å². The molecule has 0 heterocycles. The zero-order valence-electron chi connectivity index (χ0n) is 16.0. The maximum Gasteiger partial charge on any atom is 0.318 e. The molecule has 0 aromatic heterocycles. The minimum absolute atomic E-state index is 0.00196. The molecule has 0 spiro atoms. The minimum Gasteiger partial charge on any atom is -0.496 e. The molecule has 2 N–H and O–H groups in total. The number of para-hydroxylation sites is 1. The van der Waals surface area contributed by atoms with Crippen LogP contribution in [-0.2, 0) is 0 Å². The molecule has 136 valence electrons. The van der Waals surface area contributed by atoms with Gasteiger partial charge in [0.15, 0.2) is 0 Å². The van der Waals surface area contributed by atoms with E-state index in [1.807, 2.05) is 38.1 Å². The number of urea groups is 1. The Bertz CT molecular complexity index is 536. The largest absolute Gasteiger partial charge is 0.496 e. The SMILES string of the molecule is COc1ccccc1C(NC(=O)N(CC(C)O)C(C)C)C(C)(C)C. The molecular formula is C19H32N2O3. The third kappa shape index (κ3) is 5.41. The van der Waals surface area contributed by atoms with E-state index >= 15 is 0 Å². The van der Waals surface area contributed by atoms with Crippen LogP contribution in [0.25, 0.3) is 0 Å². The summed E-state index contributed by atoms with van der Waals surface area (Å²) in [5.74, 6) is 0.754. The van der Waals surface area contributed by atoms with Crippen LogP contribution in [0.2, 0.25) is 0 Å². The van der Waals surface area contributed by atoms with E-state index in [2.05, 4.69) is 26.1 Å². The van der Waals surface area contributed by atoms with Gasteiger partial charge in [0.1, 0.15) is 5.75 Å². The molecule has 5 nitrogen and oxygen atoms in total. The normalized spacial score (nSPS) is 14.2. The Kier molecular flexibility index (Phi) is 7.08. The Labute approximate surface area is 146 Å². The molecule has 1 aromatic rings. The number of aliphatic hydroxyl groups is 1. The van der Waals surface area contributed by atoms with Crippen LogP contribution in [0.1, 0.15) is 53.1 Å². The number of hydrogen-bond donors (Lipinski definition) is 2. The molecule has 0 fully saturated rings. The third-order valence-corrected chi connectivity index (χ3v) is 3.93. The topological polar surface area (TPSA) is 61.8 Å². The fraction of sp³-hybridized carbons (Fsp3) is 0.632. The average Bonchev–Trinajstić information content (AvgIpc) is 2.48. The van der Waals surface area contributed by atoms with E-state index in [-0.39, 0.29) is 23.5 Å². The van der Waals surface area contributed by atoms with Crippen LogP contribution >= 0.6 is 0 Å². The number of benzene rings is 1. The highest BCUT2D eigenvalue weighted by atomic mass is 16.5. The van der Waals surface area contributed by atoms with E-state index in [0.717, 1.165) is 11.3 Å².